The summed E-state index contributed by atoms with van der Waals surface area (Å²) in [5.41, 5.74) is 2.12. The first-order valence-electron chi connectivity index (χ1n) is 7.11. The van der Waals surface area contributed by atoms with Crippen LogP contribution in [-0.4, -0.2) is 33.4 Å². The smallest absolute Gasteiger partial charge is 0.323 e. The van der Waals surface area contributed by atoms with Gasteiger partial charge in [-0.05, 0) is 17.7 Å². The van der Waals surface area contributed by atoms with Gasteiger partial charge in [-0.2, -0.15) is 5.10 Å². The molecule has 0 radical (unpaired) electrons. The zero-order valence-electron chi connectivity index (χ0n) is 12.7. The summed E-state index contributed by atoms with van der Waals surface area (Å²) in [5.74, 6) is -0.0895. The number of rotatable bonds is 6. The molecule has 8 nitrogen and oxygen atoms in total. The summed E-state index contributed by atoms with van der Waals surface area (Å²) in [6.07, 6.45) is 3.14. The standard InChI is InChI=1S/C15H19N5O3/c1-11(22)16-8-12-2-4-13(5-3-12)18-15(23)19-14-9-17-20(10-14)6-7-21/h2-5,9-10,21H,6-8H2,1H3,(H,16,22)(H2,18,19,23). The molecular weight excluding hydrogens is 298 g/mol. The van der Waals surface area contributed by atoms with Crippen LogP contribution >= 0.6 is 0 Å². The van der Waals surface area contributed by atoms with Crippen LogP contribution in [0.3, 0.4) is 0 Å². The molecule has 1 heterocycles. The third kappa shape index (κ3) is 5.44. The Bertz CT molecular complexity index is 666. The summed E-state index contributed by atoms with van der Waals surface area (Å²) in [4.78, 5) is 22.7. The first-order chi connectivity index (χ1) is 11.1. The quantitative estimate of drug-likeness (QED) is 0.641. The van der Waals surface area contributed by atoms with E-state index in [4.69, 9.17) is 5.11 Å². The molecule has 1 aromatic heterocycles. The van der Waals surface area contributed by atoms with E-state index >= 15 is 0 Å². The largest absolute Gasteiger partial charge is 0.394 e. The lowest BCUT2D eigenvalue weighted by atomic mass is 10.2. The number of amides is 3. The van der Waals surface area contributed by atoms with Crippen molar-refractivity contribution in [3.05, 3.63) is 42.2 Å². The van der Waals surface area contributed by atoms with Crippen LogP contribution in [0.2, 0.25) is 0 Å². The Labute approximate surface area is 133 Å². The first-order valence-corrected chi connectivity index (χ1v) is 7.11. The Balaban J connectivity index is 1.85. The lowest BCUT2D eigenvalue weighted by molar-refractivity contribution is -0.119. The van der Waals surface area contributed by atoms with E-state index in [2.05, 4.69) is 21.0 Å². The molecule has 2 rings (SSSR count). The molecule has 0 aliphatic carbocycles. The van der Waals surface area contributed by atoms with Crippen LogP contribution in [0.4, 0.5) is 16.2 Å². The van der Waals surface area contributed by atoms with Crippen molar-refractivity contribution >= 4 is 23.3 Å². The van der Waals surface area contributed by atoms with Crippen molar-refractivity contribution in [1.82, 2.24) is 15.1 Å². The van der Waals surface area contributed by atoms with Crippen LogP contribution in [0.15, 0.2) is 36.7 Å². The maximum Gasteiger partial charge on any atom is 0.323 e. The van der Waals surface area contributed by atoms with E-state index in [1.54, 1.807) is 18.3 Å². The Morgan fingerprint density at radius 3 is 2.52 bits per heavy atom. The number of aromatic nitrogens is 2. The van der Waals surface area contributed by atoms with E-state index in [9.17, 15) is 9.59 Å². The maximum absolute atomic E-state index is 11.9. The molecule has 0 spiro atoms. The highest BCUT2D eigenvalue weighted by Crippen LogP contribution is 2.11. The summed E-state index contributed by atoms with van der Waals surface area (Å²) in [7, 11) is 0. The zero-order chi connectivity index (χ0) is 16.7. The summed E-state index contributed by atoms with van der Waals surface area (Å²) in [6, 6.07) is 6.77. The van der Waals surface area contributed by atoms with Crippen LogP contribution < -0.4 is 16.0 Å². The normalized spacial score (nSPS) is 10.2. The molecule has 0 aliphatic heterocycles. The van der Waals surface area contributed by atoms with Gasteiger partial charge in [0.15, 0.2) is 0 Å². The van der Waals surface area contributed by atoms with E-state index in [-0.39, 0.29) is 18.5 Å². The monoisotopic (exact) mass is 317 g/mol. The predicted molar refractivity (Wildman–Crippen MR) is 85.9 cm³/mol. The summed E-state index contributed by atoms with van der Waals surface area (Å²) in [6.45, 7) is 2.27. The molecule has 0 atom stereocenters. The van der Waals surface area contributed by atoms with Crippen LogP contribution in [0.5, 0.6) is 0 Å². The van der Waals surface area contributed by atoms with Gasteiger partial charge in [0.25, 0.3) is 0 Å². The van der Waals surface area contributed by atoms with Crippen molar-refractivity contribution in [2.45, 2.75) is 20.0 Å². The van der Waals surface area contributed by atoms with Gasteiger partial charge in [0.05, 0.1) is 25.0 Å². The number of nitrogens with zero attached hydrogens (tertiary/aromatic N) is 2. The first kappa shape index (κ1) is 16.5. The van der Waals surface area contributed by atoms with Crippen molar-refractivity contribution in [2.24, 2.45) is 0 Å². The number of nitrogens with one attached hydrogen (secondary N) is 3. The second kappa shape index (κ2) is 7.95. The number of urea groups is 1. The molecular formula is C15H19N5O3. The molecule has 0 fully saturated rings. The van der Waals surface area contributed by atoms with Gasteiger partial charge in [-0.25, -0.2) is 4.79 Å². The Hall–Kier alpha value is -2.87. The van der Waals surface area contributed by atoms with Crippen molar-refractivity contribution in [1.29, 1.82) is 0 Å². The predicted octanol–water partition coefficient (Wildman–Crippen LogP) is 1.16. The molecule has 0 saturated carbocycles. The highest BCUT2D eigenvalue weighted by atomic mass is 16.3. The van der Waals surface area contributed by atoms with Gasteiger partial charge >= 0.3 is 6.03 Å². The Morgan fingerprint density at radius 2 is 1.87 bits per heavy atom. The summed E-state index contributed by atoms with van der Waals surface area (Å²) in [5, 5.41) is 20.9. The van der Waals surface area contributed by atoms with Gasteiger partial charge in [-0.1, -0.05) is 12.1 Å². The fraction of sp³-hybridized carbons (Fsp3) is 0.267. The van der Waals surface area contributed by atoms with Gasteiger partial charge in [-0.15, -0.1) is 0 Å². The van der Waals surface area contributed by atoms with Gasteiger partial charge in [-0.3, -0.25) is 9.48 Å². The lowest BCUT2D eigenvalue weighted by Gasteiger charge is -2.07. The van der Waals surface area contributed by atoms with Gasteiger partial charge < -0.3 is 21.1 Å². The Morgan fingerprint density at radius 1 is 1.17 bits per heavy atom. The molecule has 3 amide bonds. The average molecular weight is 317 g/mol. The molecule has 0 unspecified atom stereocenters. The minimum absolute atomic E-state index is 0.0157. The fourth-order valence-corrected chi connectivity index (χ4v) is 1.88. The summed E-state index contributed by atoms with van der Waals surface area (Å²) < 4.78 is 1.53. The van der Waals surface area contributed by atoms with Crippen molar-refractivity contribution < 1.29 is 14.7 Å². The SMILES string of the molecule is CC(=O)NCc1ccc(NC(=O)Nc2cnn(CCO)c2)cc1. The minimum atomic E-state index is -0.386. The van der Waals surface area contributed by atoms with E-state index in [1.807, 2.05) is 12.1 Å². The highest BCUT2D eigenvalue weighted by molar-refractivity contribution is 5.99. The van der Waals surface area contributed by atoms with Crippen molar-refractivity contribution in [3.63, 3.8) is 0 Å². The number of carbonyl (C=O) groups is 2. The second-order valence-electron chi connectivity index (χ2n) is 4.90. The lowest BCUT2D eigenvalue weighted by Crippen LogP contribution is -2.20. The number of anilines is 2. The molecule has 1 aromatic carbocycles. The van der Waals surface area contributed by atoms with Crippen LogP contribution in [-0.2, 0) is 17.9 Å². The number of benzene rings is 1. The van der Waals surface area contributed by atoms with Crippen molar-refractivity contribution in [2.75, 3.05) is 17.2 Å². The fourth-order valence-electron chi connectivity index (χ4n) is 1.88. The van der Waals surface area contributed by atoms with Gasteiger partial charge in [0.2, 0.25) is 5.91 Å². The van der Waals surface area contributed by atoms with E-state index < -0.39 is 0 Å². The molecule has 2 aromatic rings. The summed E-state index contributed by atoms with van der Waals surface area (Å²) >= 11 is 0. The van der Waals surface area contributed by atoms with Crippen molar-refractivity contribution in [3.8, 4) is 0 Å². The van der Waals surface area contributed by atoms with Gasteiger partial charge in [0.1, 0.15) is 0 Å². The van der Waals surface area contributed by atoms with Crippen LogP contribution in [0.25, 0.3) is 0 Å². The highest BCUT2D eigenvalue weighted by Gasteiger charge is 2.05. The van der Waals surface area contributed by atoms with Crippen LogP contribution in [0, 0.1) is 0 Å². The van der Waals surface area contributed by atoms with E-state index in [0.717, 1.165) is 5.56 Å². The van der Waals surface area contributed by atoms with Gasteiger partial charge in [0, 0.05) is 25.4 Å². The molecule has 8 heteroatoms. The average Bonchev–Trinajstić information content (AvgIpc) is 2.94. The number of aliphatic hydroxyl groups is 1. The van der Waals surface area contributed by atoms with E-state index in [0.29, 0.717) is 24.5 Å². The molecule has 0 bridgehead atoms. The maximum atomic E-state index is 11.9. The minimum Gasteiger partial charge on any atom is -0.394 e. The Kier molecular flexibility index (Phi) is 5.70. The van der Waals surface area contributed by atoms with Crippen LogP contribution in [0.1, 0.15) is 12.5 Å². The number of hydrogen-bond acceptors (Lipinski definition) is 4. The molecule has 0 aliphatic rings. The third-order valence-corrected chi connectivity index (χ3v) is 2.97. The number of carbonyl (C=O) groups excluding carboxylic acids is 2. The number of aliphatic hydroxyl groups excluding tert-OH is 1. The second-order valence-corrected chi connectivity index (χ2v) is 4.90. The third-order valence-electron chi connectivity index (χ3n) is 2.97. The molecule has 122 valence electrons. The topological polar surface area (TPSA) is 108 Å². The molecule has 4 N–H and O–H groups in total. The molecule has 0 saturated heterocycles. The van der Waals surface area contributed by atoms with E-state index in [1.165, 1.54) is 17.8 Å². The number of hydrogen-bond donors (Lipinski definition) is 4. The zero-order valence-corrected chi connectivity index (χ0v) is 12.7. The molecule has 23 heavy (non-hydrogen) atoms.